The molecule has 9 heteroatoms. The molecule has 0 aliphatic heterocycles. The van der Waals surface area contributed by atoms with Crippen molar-refractivity contribution in [2.75, 3.05) is 5.75 Å². The maximum atomic E-state index is 12.0. The van der Waals surface area contributed by atoms with Crippen molar-refractivity contribution >= 4 is 27.4 Å². The molecular formula is C10H8ClF3O4S. The number of hydrogen-bond acceptors (Lipinski definition) is 3. The van der Waals surface area contributed by atoms with Gasteiger partial charge in [0, 0.05) is 0 Å². The zero-order chi connectivity index (χ0) is 14.8. The van der Waals surface area contributed by atoms with Crippen molar-refractivity contribution < 1.29 is 31.5 Å². The Labute approximate surface area is 111 Å². The van der Waals surface area contributed by atoms with E-state index in [1.807, 2.05) is 0 Å². The molecule has 0 bridgehead atoms. The molecule has 106 valence electrons. The van der Waals surface area contributed by atoms with E-state index in [2.05, 4.69) is 0 Å². The largest absolute Gasteiger partial charge is 0.478 e. The summed E-state index contributed by atoms with van der Waals surface area (Å²) in [7, 11) is -4.16. The maximum absolute atomic E-state index is 12.0. The van der Waals surface area contributed by atoms with E-state index in [1.54, 1.807) is 0 Å². The third-order valence-electron chi connectivity index (χ3n) is 2.18. The summed E-state index contributed by atoms with van der Waals surface area (Å²) in [4.78, 5) is 10.2. The van der Waals surface area contributed by atoms with Gasteiger partial charge in [-0.25, -0.2) is 13.2 Å². The summed E-state index contributed by atoms with van der Waals surface area (Å²) in [5, 5.41) is 8.34. The van der Waals surface area contributed by atoms with Crippen LogP contribution in [-0.4, -0.2) is 31.4 Å². The van der Waals surface area contributed by atoms with Gasteiger partial charge in [0.25, 0.3) is 0 Å². The molecule has 0 amide bonds. The second-order valence-corrected chi connectivity index (χ2v) is 6.15. The molecule has 4 nitrogen and oxygen atoms in total. The highest BCUT2D eigenvalue weighted by Gasteiger charge is 2.30. The molecule has 19 heavy (non-hydrogen) atoms. The molecule has 0 atom stereocenters. The van der Waals surface area contributed by atoms with Crippen molar-refractivity contribution in [3.63, 3.8) is 0 Å². The average molecular weight is 317 g/mol. The molecule has 0 saturated heterocycles. The lowest BCUT2D eigenvalue weighted by Gasteiger charge is -2.08. The van der Waals surface area contributed by atoms with Crippen LogP contribution in [0.25, 0.3) is 0 Å². The van der Waals surface area contributed by atoms with Crippen LogP contribution in [0.1, 0.15) is 16.8 Å². The zero-order valence-electron chi connectivity index (χ0n) is 9.24. The summed E-state index contributed by atoms with van der Waals surface area (Å²) in [5.74, 6) is -2.47. The van der Waals surface area contributed by atoms with Crippen LogP contribution < -0.4 is 0 Å². The van der Waals surface area contributed by atoms with Gasteiger partial charge in [0.2, 0.25) is 0 Å². The van der Waals surface area contributed by atoms with Crippen LogP contribution in [0.3, 0.4) is 0 Å². The quantitative estimate of drug-likeness (QED) is 0.927. The molecule has 0 radical (unpaired) electrons. The van der Waals surface area contributed by atoms with E-state index in [0.29, 0.717) is 0 Å². The van der Waals surface area contributed by atoms with Crippen molar-refractivity contribution in [1.29, 1.82) is 0 Å². The number of carbonyl (C=O) groups is 1. The van der Waals surface area contributed by atoms with Crippen LogP contribution in [-0.2, 0) is 9.84 Å². The molecule has 0 aromatic heterocycles. The monoisotopic (exact) mass is 316 g/mol. The Morgan fingerprint density at radius 2 is 1.89 bits per heavy atom. The predicted octanol–water partition coefficient (Wildman–Crippen LogP) is 2.76. The topological polar surface area (TPSA) is 71.4 Å². The molecular weight excluding hydrogens is 309 g/mol. The van der Waals surface area contributed by atoms with E-state index >= 15 is 0 Å². The highest BCUT2D eigenvalue weighted by molar-refractivity contribution is 7.91. The smallest absolute Gasteiger partial charge is 0.390 e. The zero-order valence-corrected chi connectivity index (χ0v) is 10.8. The molecule has 0 fully saturated rings. The average Bonchev–Trinajstić information content (AvgIpc) is 2.25. The first-order valence-corrected chi connectivity index (χ1v) is 6.88. The Hall–Kier alpha value is -1.28. The molecule has 1 aromatic carbocycles. The fourth-order valence-electron chi connectivity index (χ4n) is 1.23. The number of carboxylic acids is 1. The van der Waals surface area contributed by atoms with Crippen molar-refractivity contribution in [1.82, 2.24) is 0 Å². The molecule has 0 aliphatic carbocycles. The number of hydrogen-bond donors (Lipinski definition) is 1. The first-order valence-electron chi connectivity index (χ1n) is 4.85. The standard InChI is InChI=1S/C10H8ClF3O4S/c11-8-5-6(1-2-7(8)9(15)16)19(17,18)4-3-10(12,13)14/h1-2,5H,3-4H2,(H,15,16). The van der Waals surface area contributed by atoms with Crippen molar-refractivity contribution in [2.24, 2.45) is 0 Å². The Morgan fingerprint density at radius 3 is 2.32 bits per heavy atom. The number of sulfone groups is 1. The number of aromatic carboxylic acids is 1. The minimum Gasteiger partial charge on any atom is -0.478 e. The van der Waals surface area contributed by atoms with Gasteiger partial charge in [-0.15, -0.1) is 0 Å². The first kappa shape index (κ1) is 15.8. The summed E-state index contributed by atoms with van der Waals surface area (Å²) in [5.41, 5.74) is -0.323. The van der Waals surface area contributed by atoms with Crippen LogP contribution in [0.5, 0.6) is 0 Å². The van der Waals surface area contributed by atoms with Crippen LogP contribution in [0.2, 0.25) is 5.02 Å². The van der Waals surface area contributed by atoms with Crippen LogP contribution >= 0.6 is 11.6 Å². The molecule has 0 spiro atoms. The molecule has 0 heterocycles. The summed E-state index contributed by atoms with van der Waals surface area (Å²) < 4.78 is 59.2. The van der Waals surface area contributed by atoms with Gasteiger partial charge >= 0.3 is 12.1 Å². The van der Waals surface area contributed by atoms with E-state index in [9.17, 15) is 26.4 Å². The van der Waals surface area contributed by atoms with Gasteiger partial charge in [-0.3, -0.25) is 0 Å². The van der Waals surface area contributed by atoms with Crippen LogP contribution in [0.15, 0.2) is 23.1 Å². The third-order valence-corrected chi connectivity index (χ3v) is 4.21. The Morgan fingerprint density at radius 1 is 1.32 bits per heavy atom. The second-order valence-electron chi connectivity index (χ2n) is 3.63. The number of halogens is 4. The van der Waals surface area contributed by atoms with E-state index in [0.717, 1.165) is 18.2 Å². The maximum Gasteiger partial charge on any atom is 0.390 e. The van der Waals surface area contributed by atoms with E-state index in [4.69, 9.17) is 16.7 Å². The third kappa shape index (κ3) is 4.39. The highest BCUT2D eigenvalue weighted by atomic mass is 35.5. The first-order chi connectivity index (χ1) is 8.53. The summed E-state index contributed by atoms with van der Waals surface area (Å²) >= 11 is 5.55. The molecule has 1 N–H and O–H groups in total. The highest BCUT2D eigenvalue weighted by Crippen LogP contribution is 2.25. The molecule has 0 aliphatic rings. The number of rotatable bonds is 4. The van der Waals surface area contributed by atoms with Crippen molar-refractivity contribution in [3.8, 4) is 0 Å². The van der Waals surface area contributed by atoms with Crippen LogP contribution in [0.4, 0.5) is 13.2 Å². The summed E-state index contributed by atoms with van der Waals surface area (Å²) in [6.45, 7) is 0. The van der Waals surface area contributed by atoms with Crippen molar-refractivity contribution in [2.45, 2.75) is 17.5 Å². The lowest BCUT2D eigenvalue weighted by molar-refractivity contribution is -0.129. The van der Waals surface area contributed by atoms with Crippen molar-refractivity contribution in [3.05, 3.63) is 28.8 Å². The molecule has 1 rings (SSSR count). The van der Waals surface area contributed by atoms with Gasteiger partial charge in [-0.1, -0.05) is 11.6 Å². The van der Waals surface area contributed by atoms with Gasteiger partial charge < -0.3 is 5.11 Å². The second kappa shape index (κ2) is 5.38. The predicted molar refractivity (Wildman–Crippen MR) is 61.1 cm³/mol. The number of alkyl halides is 3. The molecule has 0 unspecified atom stereocenters. The van der Waals surface area contributed by atoms with E-state index in [1.165, 1.54) is 0 Å². The van der Waals surface area contributed by atoms with E-state index in [-0.39, 0.29) is 10.6 Å². The Bertz CT molecular complexity index is 595. The van der Waals surface area contributed by atoms with Gasteiger partial charge in [0.05, 0.1) is 27.7 Å². The van der Waals surface area contributed by atoms with Gasteiger partial charge in [-0.2, -0.15) is 13.2 Å². The Balaban J connectivity index is 3.03. The van der Waals surface area contributed by atoms with Crippen LogP contribution in [0, 0.1) is 0 Å². The lowest BCUT2D eigenvalue weighted by Crippen LogP contribution is -2.16. The summed E-state index contributed by atoms with van der Waals surface area (Å²) in [6.07, 6.45) is -6.06. The normalized spacial score (nSPS) is 12.4. The lowest BCUT2D eigenvalue weighted by atomic mass is 10.2. The minimum atomic E-state index is -4.59. The van der Waals surface area contributed by atoms with E-state index < -0.39 is 39.1 Å². The number of benzene rings is 1. The van der Waals surface area contributed by atoms with Gasteiger partial charge in [-0.05, 0) is 18.2 Å². The van der Waals surface area contributed by atoms with Gasteiger partial charge in [0.1, 0.15) is 0 Å². The molecule has 1 aromatic rings. The molecule has 0 saturated carbocycles. The fourth-order valence-corrected chi connectivity index (χ4v) is 2.87. The summed E-state index contributed by atoms with van der Waals surface area (Å²) in [6, 6.07) is 2.68. The Kier molecular flexibility index (Phi) is 4.46. The number of carboxylic acid groups (broad SMARTS) is 1. The fraction of sp³-hybridized carbons (Fsp3) is 0.300. The van der Waals surface area contributed by atoms with Gasteiger partial charge in [0.15, 0.2) is 9.84 Å². The minimum absolute atomic E-state index is 0.323. The SMILES string of the molecule is O=C(O)c1ccc(S(=O)(=O)CCC(F)(F)F)cc1Cl.